The number of nitrogens with zero attached hydrogens (tertiary/aromatic N) is 5. The maximum absolute atomic E-state index is 15.1. The average molecular weight is 527 g/mol. The third-order valence-corrected chi connectivity index (χ3v) is 6.54. The first-order valence-electron chi connectivity index (χ1n) is 12.1. The molecular weight excluding hydrogens is 501 g/mol. The standard InChI is InChI=1S/C26H25F3N6O3/c1-15(2)35-21-11-17(3-4-18(21)12-31-35)23-32-25(38-33-23)20-9-10-34(14-26(20,28)29)22(36)13-30-24(37)16-5-7-19(27)8-6-16/h3-8,11-12,15,20H,9-10,13-14H2,1-2H3,(H,30,37). The number of nitrogens with one attached hydrogen (secondary N) is 1. The van der Waals surface area contributed by atoms with Gasteiger partial charge >= 0.3 is 0 Å². The largest absolute Gasteiger partial charge is 0.343 e. The molecule has 2 aromatic carbocycles. The molecule has 12 heteroatoms. The SMILES string of the molecule is CC(C)n1ncc2ccc(-c3noc(C4CCN(C(=O)CNC(=O)c5ccc(F)cc5)CC4(F)F)n3)cc21. The number of rotatable bonds is 6. The number of hydrogen-bond donors (Lipinski definition) is 1. The molecule has 9 nitrogen and oxygen atoms in total. The molecule has 0 saturated carbocycles. The van der Waals surface area contributed by atoms with Gasteiger partial charge in [0.05, 0.1) is 24.8 Å². The first-order valence-corrected chi connectivity index (χ1v) is 12.1. The summed E-state index contributed by atoms with van der Waals surface area (Å²) in [4.78, 5) is 29.9. The fourth-order valence-corrected chi connectivity index (χ4v) is 4.51. The Morgan fingerprint density at radius 1 is 1.18 bits per heavy atom. The van der Waals surface area contributed by atoms with Crippen LogP contribution in [0.4, 0.5) is 13.2 Å². The molecule has 0 radical (unpaired) electrons. The van der Waals surface area contributed by atoms with Gasteiger partial charge in [-0.2, -0.15) is 10.1 Å². The first kappa shape index (κ1) is 25.4. The summed E-state index contributed by atoms with van der Waals surface area (Å²) in [5.41, 5.74) is 1.64. The molecule has 0 bridgehead atoms. The molecule has 1 atom stereocenters. The molecule has 0 spiro atoms. The van der Waals surface area contributed by atoms with Crippen molar-refractivity contribution in [2.75, 3.05) is 19.6 Å². The van der Waals surface area contributed by atoms with E-state index in [2.05, 4.69) is 20.6 Å². The molecule has 0 aliphatic carbocycles. The van der Waals surface area contributed by atoms with Gasteiger partial charge in [0.25, 0.3) is 11.8 Å². The third-order valence-electron chi connectivity index (χ3n) is 6.54. The second-order valence-corrected chi connectivity index (χ2v) is 9.52. The van der Waals surface area contributed by atoms with Gasteiger partial charge in [0, 0.05) is 29.1 Å². The Labute approximate surface area is 215 Å². The average Bonchev–Trinajstić information content (AvgIpc) is 3.54. The summed E-state index contributed by atoms with van der Waals surface area (Å²) in [7, 11) is 0. The predicted octanol–water partition coefficient (Wildman–Crippen LogP) is 4.19. The number of alkyl halides is 2. The molecule has 1 aliphatic rings. The first-order chi connectivity index (χ1) is 18.1. The topological polar surface area (TPSA) is 106 Å². The maximum Gasteiger partial charge on any atom is 0.276 e. The highest BCUT2D eigenvalue weighted by Crippen LogP contribution is 2.40. The van der Waals surface area contributed by atoms with Crippen LogP contribution in [0.2, 0.25) is 0 Å². The third kappa shape index (κ3) is 4.98. The Morgan fingerprint density at radius 3 is 2.66 bits per heavy atom. The van der Waals surface area contributed by atoms with Crippen LogP contribution in [0, 0.1) is 5.82 Å². The number of amides is 2. The van der Waals surface area contributed by atoms with Crippen LogP contribution in [0.5, 0.6) is 0 Å². The zero-order chi connectivity index (χ0) is 27.0. The molecule has 1 unspecified atom stereocenters. The maximum atomic E-state index is 15.1. The molecule has 1 N–H and O–H groups in total. The molecular formula is C26H25F3N6O3. The monoisotopic (exact) mass is 526 g/mol. The molecule has 38 heavy (non-hydrogen) atoms. The van der Waals surface area contributed by atoms with Gasteiger partial charge in [-0.05, 0) is 50.6 Å². The van der Waals surface area contributed by atoms with Crippen LogP contribution in [0.15, 0.2) is 53.2 Å². The zero-order valence-corrected chi connectivity index (χ0v) is 20.7. The number of fused-ring (bicyclic) bond motifs is 1. The Kier molecular flexibility index (Phi) is 6.64. The number of halogens is 3. The van der Waals surface area contributed by atoms with Crippen molar-refractivity contribution in [3.8, 4) is 11.4 Å². The van der Waals surface area contributed by atoms with Crippen LogP contribution in [0.25, 0.3) is 22.3 Å². The van der Waals surface area contributed by atoms with E-state index >= 15 is 8.78 Å². The molecule has 1 aliphatic heterocycles. The number of piperidine rings is 1. The molecule has 3 heterocycles. The summed E-state index contributed by atoms with van der Waals surface area (Å²) in [6.07, 6.45) is 1.66. The van der Waals surface area contributed by atoms with E-state index < -0.39 is 42.6 Å². The van der Waals surface area contributed by atoms with Crippen LogP contribution >= 0.6 is 0 Å². The summed E-state index contributed by atoms with van der Waals surface area (Å²) in [5.74, 6) is -6.44. The number of carbonyl (C=O) groups excluding carboxylic acids is 2. The smallest absolute Gasteiger partial charge is 0.276 e. The lowest BCUT2D eigenvalue weighted by Gasteiger charge is -2.36. The van der Waals surface area contributed by atoms with Gasteiger partial charge in [-0.25, -0.2) is 13.2 Å². The minimum atomic E-state index is -3.32. The van der Waals surface area contributed by atoms with Gasteiger partial charge < -0.3 is 14.7 Å². The summed E-state index contributed by atoms with van der Waals surface area (Å²) in [6, 6.07) is 10.4. The molecule has 198 valence electrons. The van der Waals surface area contributed by atoms with E-state index in [9.17, 15) is 14.0 Å². The summed E-state index contributed by atoms with van der Waals surface area (Å²) < 4.78 is 50.4. The summed E-state index contributed by atoms with van der Waals surface area (Å²) in [5, 5.41) is 11.6. The van der Waals surface area contributed by atoms with Crippen molar-refractivity contribution in [2.45, 2.75) is 38.2 Å². The van der Waals surface area contributed by atoms with Crippen LogP contribution in [0.1, 0.15) is 48.5 Å². The van der Waals surface area contributed by atoms with Gasteiger partial charge in [-0.1, -0.05) is 17.3 Å². The molecule has 2 amide bonds. The van der Waals surface area contributed by atoms with Gasteiger partial charge in [0.15, 0.2) is 0 Å². The van der Waals surface area contributed by atoms with Gasteiger partial charge in [0.2, 0.25) is 17.6 Å². The van der Waals surface area contributed by atoms with E-state index in [0.717, 1.165) is 27.9 Å². The van der Waals surface area contributed by atoms with E-state index in [-0.39, 0.29) is 36.3 Å². The lowest BCUT2D eigenvalue weighted by atomic mass is 9.92. The van der Waals surface area contributed by atoms with Crippen molar-refractivity contribution < 1.29 is 27.3 Å². The summed E-state index contributed by atoms with van der Waals surface area (Å²) >= 11 is 0. The van der Waals surface area contributed by atoms with E-state index in [0.29, 0.717) is 5.56 Å². The number of carbonyl (C=O) groups is 2. The fourth-order valence-electron chi connectivity index (χ4n) is 4.51. The van der Waals surface area contributed by atoms with Crippen molar-refractivity contribution in [1.29, 1.82) is 0 Å². The van der Waals surface area contributed by atoms with Crippen molar-refractivity contribution in [2.24, 2.45) is 0 Å². The van der Waals surface area contributed by atoms with Crippen LogP contribution < -0.4 is 5.32 Å². The van der Waals surface area contributed by atoms with E-state index in [4.69, 9.17) is 4.52 Å². The second kappa shape index (κ2) is 9.92. The van der Waals surface area contributed by atoms with Gasteiger partial charge in [0.1, 0.15) is 11.7 Å². The van der Waals surface area contributed by atoms with Crippen LogP contribution in [-0.4, -0.2) is 62.2 Å². The van der Waals surface area contributed by atoms with Crippen molar-refractivity contribution in [1.82, 2.24) is 30.1 Å². The molecule has 1 saturated heterocycles. The number of hydrogen-bond acceptors (Lipinski definition) is 6. The predicted molar refractivity (Wildman–Crippen MR) is 131 cm³/mol. The lowest BCUT2D eigenvalue weighted by Crippen LogP contribution is -2.52. The number of benzene rings is 2. The Morgan fingerprint density at radius 2 is 1.95 bits per heavy atom. The fraction of sp³-hybridized carbons (Fsp3) is 0.346. The highest BCUT2D eigenvalue weighted by molar-refractivity contribution is 5.96. The minimum absolute atomic E-state index is 0.0305. The lowest BCUT2D eigenvalue weighted by molar-refractivity contribution is -0.144. The van der Waals surface area contributed by atoms with Crippen molar-refractivity contribution in [3.63, 3.8) is 0 Å². The van der Waals surface area contributed by atoms with Crippen molar-refractivity contribution in [3.05, 3.63) is 65.9 Å². The minimum Gasteiger partial charge on any atom is -0.343 e. The van der Waals surface area contributed by atoms with E-state index in [1.165, 1.54) is 12.1 Å². The summed E-state index contributed by atoms with van der Waals surface area (Å²) in [6.45, 7) is 2.73. The van der Waals surface area contributed by atoms with Gasteiger partial charge in [-0.15, -0.1) is 0 Å². The van der Waals surface area contributed by atoms with Crippen molar-refractivity contribution >= 4 is 22.7 Å². The van der Waals surface area contributed by atoms with Crippen LogP contribution in [0.3, 0.4) is 0 Å². The van der Waals surface area contributed by atoms with E-state index in [1.54, 1.807) is 12.3 Å². The second-order valence-electron chi connectivity index (χ2n) is 9.52. The molecule has 4 aromatic rings. The zero-order valence-electron chi connectivity index (χ0n) is 20.7. The normalized spacial score (nSPS) is 17.2. The quantitative estimate of drug-likeness (QED) is 0.404. The Bertz CT molecular complexity index is 1480. The Balaban J connectivity index is 1.24. The highest BCUT2D eigenvalue weighted by Gasteiger charge is 2.49. The molecule has 1 fully saturated rings. The van der Waals surface area contributed by atoms with Gasteiger partial charge in [-0.3, -0.25) is 14.3 Å². The number of likely N-dealkylation sites (tertiary alicyclic amines) is 1. The van der Waals surface area contributed by atoms with Crippen LogP contribution in [-0.2, 0) is 4.79 Å². The molecule has 5 rings (SSSR count). The Hall–Kier alpha value is -4.22. The molecule has 2 aromatic heterocycles. The van der Waals surface area contributed by atoms with E-state index in [1.807, 2.05) is 30.7 Å². The number of aromatic nitrogens is 4. The highest BCUT2D eigenvalue weighted by atomic mass is 19.3.